The number of hydrogen-bond donors (Lipinski definition) is 2. The zero-order valence-electron chi connectivity index (χ0n) is 8.43. The molecule has 0 spiro atoms. The number of carboxylic acid groups (broad SMARTS) is 1. The largest absolute Gasteiger partial charge is 0.481 e. The van der Waals surface area contributed by atoms with Crippen LogP contribution in [0.15, 0.2) is 0 Å². The van der Waals surface area contributed by atoms with Crippen LogP contribution < -0.4 is 5.32 Å². The van der Waals surface area contributed by atoms with E-state index >= 15 is 0 Å². The highest BCUT2D eigenvalue weighted by Crippen LogP contribution is 2.43. The summed E-state index contributed by atoms with van der Waals surface area (Å²) in [6.07, 6.45) is -3.17. The Morgan fingerprint density at radius 2 is 1.88 bits per heavy atom. The second kappa shape index (κ2) is 4.31. The van der Waals surface area contributed by atoms with E-state index in [-0.39, 0.29) is 13.0 Å². The van der Waals surface area contributed by atoms with Crippen molar-refractivity contribution in [3.63, 3.8) is 0 Å². The molecule has 0 bridgehead atoms. The summed E-state index contributed by atoms with van der Waals surface area (Å²) < 4.78 is 35.4. The SMILES string of the molecule is O=C(NCCC1(C(=O)O)CCC1)C(F)(F)F. The van der Waals surface area contributed by atoms with Crippen LogP contribution in [0.1, 0.15) is 25.7 Å². The lowest BCUT2D eigenvalue weighted by Gasteiger charge is -2.37. The molecule has 16 heavy (non-hydrogen) atoms. The second-order valence-electron chi connectivity index (χ2n) is 3.94. The molecule has 0 heterocycles. The summed E-state index contributed by atoms with van der Waals surface area (Å²) in [5.41, 5.74) is -0.932. The first-order valence-corrected chi connectivity index (χ1v) is 4.86. The lowest BCUT2D eigenvalue weighted by Crippen LogP contribution is -2.43. The average Bonchev–Trinajstić information content (AvgIpc) is 2.06. The number of nitrogens with one attached hydrogen (secondary N) is 1. The predicted octanol–water partition coefficient (Wildman–Crippen LogP) is 1.31. The summed E-state index contributed by atoms with van der Waals surface area (Å²) >= 11 is 0. The van der Waals surface area contributed by atoms with Gasteiger partial charge in [-0.3, -0.25) is 9.59 Å². The number of rotatable bonds is 4. The third-order valence-corrected chi connectivity index (χ3v) is 2.91. The highest BCUT2D eigenvalue weighted by atomic mass is 19.4. The fraction of sp³-hybridized carbons (Fsp3) is 0.778. The van der Waals surface area contributed by atoms with Gasteiger partial charge in [-0.25, -0.2) is 0 Å². The van der Waals surface area contributed by atoms with E-state index in [1.165, 1.54) is 0 Å². The predicted molar refractivity (Wildman–Crippen MR) is 47.6 cm³/mol. The van der Waals surface area contributed by atoms with Crippen LogP contribution in [0.25, 0.3) is 0 Å². The van der Waals surface area contributed by atoms with Crippen LogP contribution >= 0.6 is 0 Å². The Morgan fingerprint density at radius 3 is 2.19 bits per heavy atom. The minimum Gasteiger partial charge on any atom is -0.481 e. The summed E-state index contributed by atoms with van der Waals surface area (Å²) in [5, 5.41) is 10.5. The first-order chi connectivity index (χ1) is 7.28. The van der Waals surface area contributed by atoms with E-state index in [0.717, 1.165) is 6.42 Å². The third-order valence-electron chi connectivity index (χ3n) is 2.91. The average molecular weight is 239 g/mol. The first kappa shape index (κ1) is 12.8. The Kier molecular flexibility index (Phi) is 3.44. The molecule has 1 amide bonds. The molecule has 1 aliphatic carbocycles. The standard InChI is InChI=1S/C9H12F3NO3/c10-9(11,12)6(14)13-5-4-8(7(15)16)2-1-3-8/h1-5H2,(H,13,14)(H,15,16). The molecule has 0 radical (unpaired) electrons. The van der Waals surface area contributed by atoms with Crippen molar-refractivity contribution in [3.8, 4) is 0 Å². The van der Waals surface area contributed by atoms with Crippen molar-refractivity contribution in [1.82, 2.24) is 5.32 Å². The summed E-state index contributed by atoms with van der Waals surface area (Å²) in [4.78, 5) is 21.3. The van der Waals surface area contributed by atoms with Gasteiger partial charge < -0.3 is 10.4 Å². The summed E-state index contributed by atoms with van der Waals surface area (Å²) in [7, 11) is 0. The van der Waals surface area contributed by atoms with Crippen molar-refractivity contribution in [2.75, 3.05) is 6.54 Å². The number of aliphatic carboxylic acids is 1. The fourth-order valence-corrected chi connectivity index (χ4v) is 1.69. The lowest BCUT2D eigenvalue weighted by molar-refractivity contribution is -0.174. The van der Waals surface area contributed by atoms with Crippen LogP contribution in [0.5, 0.6) is 0 Å². The minimum atomic E-state index is -4.91. The van der Waals surface area contributed by atoms with Gasteiger partial charge in [0.25, 0.3) is 0 Å². The van der Waals surface area contributed by atoms with Gasteiger partial charge in [-0.1, -0.05) is 6.42 Å². The number of amides is 1. The summed E-state index contributed by atoms with van der Waals surface area (Å²) in [6, 6.07) is 0. The monoisotopic (exact) mass is 239 g/mol. The third kappa shape index (κ3) is 2.65. The fourth-order valence-electron chi connectivity index (χ4n) is 1.69. The van der Waals surface area contributed by atoms with E-state index in [0.29, 0.717) is 12.8 Å². The molecule has 1 fully saturated rings. The molecule has 1 saturated carbocycles. The number of carboxylic acids is 1. The van der Waals surface area contributed by atoms with Crippen LogP contribution in [0.2, 0.25) is 0 Å². The van der Waals surface area contributed by atoms with Gasteiger partial charge in [-0.05, 0) is 19.3 Å². The number of alkyl halides is 3. The summed E-state index contributed by atoms with van der Waals surface area (Å²) in [6.45, 7) is -0.259. The maximum Gasteiger partial charge on any atom is 0.471 e. The molecule has 92 valence electrons. The molecule has 0 atom stereocenters. The van der Waals surface area contributed by atoms with Gasteiger partial charge in [0.05, 0.1) is 5.41 Å². The Hall–Kier alpha value is -1.27. The van der Waals surface area contributed by atoms with Crippen LogP contribution in [0.4, 0.5) is 13.2 Å². The zero-order valence-corrected chi connectivity index (χ0v) is 8.43. The van der Waals surface area contributed by atoms with Gasteiger partial charge >= 0.3 is 18.1 Å². The molecule has 0 unspecified atom stereocenters. The van der Waals surface area contributed by atoms with Crippen molar-refractivity contribution in [2.24, 2.45) is 5.41 Å². The maximum absolute atomic E-state index is 11.8. The highest BCUT2D eigenvalue weighted by molar-refractivity contribution is 5.81. The van der Waals surface area contributed by atoms with E-state index < -0.39 is 23.5 Å². The Bertz CT molecular complexity index is 297. The quantitative estimate of drug-likeness (QED) is 0.777. The number of carbonyl (C=O) groups is 2. The molecule has 0 aliphatic heterocycles. The van der Waals surface area contributed by atoms with Crippen molar-refractivity contribution < 1.29 is 27.9 Å². The van der Waals surface area contributed by atoms with Crippen molar-refractivity contribution in [3.05, 3.63) is 0 Å². The Morgan fingerprint density at radius 1 is 1.31 bits per heavy atom. The molecule has 0 saturated heterocycles. The Labute approximate surface area is 89.8 Å². The second-order valence-corrected chi connectivity index (χ2v) is 3.94. The van der Waals surface area contributed by atoms with Crippen LogP contribution in [-0.4, -0.2) is 29.7 Å². The van der Waals surface area contributed by atoms with Gasteiger partial charge in [-0.2, -0.15) is 13.2 Å². The van der Waals surface area contributed by atoms with Crippen molar-refractivity contribution in [2.45, 2.75) is 31.9 Å². The van der Waals surface area contributed by atoms with Gasteiger partial charge in [0.15, 0.2) is 0 Å². The Balaban J connectivity index is 2.36. The van der Waals surface area contributed by atoms with Crippen molar-refractivity contribution >= 4 is 11.9 Å². The van der Waals surface area contributed by atoms with Gasteiger partial charge in [0.1, 0.15) is 0 Å². The van der Waals surface area contributed by atoms with Gasteiger partial charge in [0, 0.05) is 6.54 Å². The normalized spacial score (nSPS) is 18.7. The van der Waals surface area contributed by atoms with Crippen LogP contribution in [0.3, 0.4) is 0 Å². The number of carbonyl (C=O) groups excluding carboxylic acids is 1. The van der Waals surface area contributed by atoms with Crippen LogP contribution in [-0.2, 0) is 9.59 Å². The smallest absolute Gasteiger partial charge is 0.471 e. The van der Waals surface area contributed by atoms with Crippen LogP contribution in [0, 0.1) is 5.41 Å². The van der Waals surface area contributed by atoms with Gasteiger partial charge in [0.2, 0.25) is 0 Å². The molecule has 0 aromatic carbocycles. The zero-order chi connectivity index (χ0) is 12.4. The maximum atomic E-state index is 11.8. The number of hydrogen-bond acceptors (Lipinski definition) is 2. The van der Waals surface area contributed by atoms with E-state index in [4.69, 9.17) is 5.11 Å². The molecular formula is C9H12F3NO3. The molecular weight excluding hydrogens is 227 g/mol. The topological polar surface area (TPSA) is 66.4 Å². The molecule has 7 heteroatoms. The molecule has 1 aliphatic rings. The van der Waals surface area contributed by atoms with Crippen molar-refractivity contribution in [1.29, 1.82) is 0 Å². The first-order valence-electron chi connectivity index (χ1n) is 4.86. The van der Waals surface area contributed by atoms with E-state index in [9.17, 15) is 22.8 Å². The van der Waals surface area contributed by atoms with E-state index in [1.54, 1.807) is 5.32 Å². The molecule has 2 N–H and O–H groups in total. The molecule has 0 aromatic heterocycles. The number of halogens is 3. The van der Waals surface area contributed by atoms with E-state index in [1.807, 2.05) is 0 Å². The van der Waals surface area contributed by atoms with E-state index in [2.05, 4.69) is 0 Å². The van der Waals surface area contributed by atoms with Gasteiger partial charge in [-0.15, -0.1) is 0 Å². The lowest BCUT2D eigenvalue weighted by atomic mass is 9.67. The summed E-state index contributed by atoms with van der Waals surface area (Å²) in [5.74, 6) is -3.02. The molecule has 1 rings (SSSR count). The highest BCUT2D eigenvalue weighted by Gasteiger charge is 2.44. The molecule has 0 aromatic rings. The minimum absolute atomic E-state index is 0.0458. The molecule has 4 nitrogen and oxygen atoms in total.